The summed E-state index contributed by atoms with van der Waals surface area (Å²) in [6, 6.07) is 22.4. The Morgan fingerprint density at radius 3 is 2.22 bits per heavy atom. The minimum Gasteiger partial charge on any atom is -0.457 e. The summed E-state index contributed by atoms with van der Waals surface area (Å²) in [5, 5.41) is 10.3. The Balaban J connectivity index is 1.36. The van der Waals surface area contributed by atoms with Gasteiger partial charge in [0, 0.05) is 11.8 Å². The van der Waals surface area contributed by atoms with Crippen molar-refractivity contribution in [2.24, 2.45) is 0 Å². The number of ether oxygens (including phenoxy) is 1. The summed E-state index contributed by atoms with van der Waals surface area (Å²) in [5.41, 5.74) is 1.20. The number of amides is 1. The number of hydrogen-bond donors (Lipinski definition) is 1. The number of sulfone groups is 1. The molecule has 0 aliphatic carbocycles. The number of carbonyl (C=O) groups is 1. The molecule has 1 amide bonds. The van der Waals surface area contributed by atoms with Crippen LogP contribution in [0, 0.1) is 0 Å². The number of rotatable bonds is 7. The van der Waals surface area contributed by atoms with E-state index in [0.29, 0.717) is 29.4 Å². The molecule has 0 saturated carbocycles. The zero-order chi connectivity index (χ0) is 22.6. The third-order valence-electron chi connectivity index (χ3n) is 4.49. The highest BCUT2D eigenvalue weighted by Gasteiger charge is 2.13. The molecule has 0 aliphatic heterocycles. The number of hydrogen-bond acceptors (Lipinski definition) is 7. The van der Waals surface area contributed by atoms with Crippen molar-refractivity contribution in [2.75, 3.05) is 11.6 Å². The Morgan fingerprint density at radius 2 is 1.56 bits per heavy atom. The topological polar surface area (TPSA) is 111 Å². The summed E-state index contributed by atoms with van der Waals surface area (Å²) in [4.78, 5) is 12.7. The summed E-state index contributed by atoms with van der Waals surface area (Å²) in [7, 11) is -3.25. The van der Waals surface area contributed by atoms with Gasteiger partial charge in [0.15, 0.2) is 9.84 Å². The summed E-state index contributed by atoms with van der Waals surface area (Å²) >= 11 is 0. The zero-order valence-electron chi connectivity index (χ0n) is 17.1. The molecule has 32 heavy (non-hydrogen) atoms. The molecule has 0 fully saturated rings. The van der Waals surface area contributed by atoms with Gasteiger partial charge in [-0.1, -0.05) is 35.4 Å². The normalized spacial score (nSPS) is 11.2. The lowest BCUT2D eigenvalue weighted by Gasteiger charge is -2.06. The molecule has 8 nitrogen and oxygen atoms in total. The van der Waals surface area contributed by atoms with Crippen molar-refractivity contribution in [3.05, 3.63) is 95.9 Å². The maximum absolute atomic E-state index is 12.4. The number of para-hydroxylation sites is 1. The van der Waals surface area contributed by atoms with Gasteiger partial charge in [0.2, 0.25) is 5.89 Å². The second-order valence-electron chi connectivity index (χ2n) is 6.99. The summed E-state index contributed by atoms with van der Waals surface area (Å²) in [6.07, 6.45) is 1.46. The van der Waals surface area contributed by atoms with Gasteiger partial charge in [-0.05, 0) is 54.1 Å². The first-order valence-corrected chi connectivity index (χ1v) is 11.5. The highest BCUT2D eigenvalue weighted by atomic mass is 32.2. The van der Waals surface area contributed by atoms with Crippen molar-refractivity contribution in [3.63, 3.8) is 0 Å². The average molecular weight is 449 g/mol. The van der Waals surface area contributed by atoms with E-state index in [0.717, 1.165) is 11.8 Å². The van der Waals surface area contributed by atoms with Crippen LogP contribution in [0.25, 0.3) is 0 Å². The Hall–Kier alpha value is -3.98. The van der Waals surface area contributed by atoms with Crippen molar-refractivity contribution < 1.29 is 22.4 Å². The fraction of sp³-hybridized carbons (Fsp3) is 0.0870. The van der Waals surface area contributed by atoms with Crippen molar-refractivity contribution in [1.82, 2.24) is 10.2 Å². The molecule has 1 N–H and O–H groups in total. The Morgan fingerprint density at radius 1 is 0.906 bits per heavy atom. The molecule has 4 rings (SSSR count). The number of carbonyl (C=O) groups excluding carboxylic acids is 1. The monoisotopic (exact) mass is 449 g/mol. The van der Waals surface area contributed by atoms with Crippen LogP contribution in [0.4, 0.5) is 6.01 Å². The minimum absolute atomic E-state index is 0.0256. The lowest BCUT2D eigenvalue weighted by Crippen LogP contribution is -2.11. The molecule has 0 aliphatic rings. The third-order valence-corrected chi connectivity index (χ3v) is 5.62. The molecule has 1 heterocycles. The maximum atomic E-state index is 12.4. The summed E-state index contributed by atoms with van der Waals surface area (Å²) in [6.45, 7) is 0. The number of nitrogens with one attached hydrogen (secondary N) is 1. The molecule has 0 atom stereocenters. The summed E-state index contributed by atoms with van der Waals surface area (Å²) < 4.78 is 34.3. The number of nitrogens with zero attached hydrogens (tertiary/aromatic N) is 2. The quantitative estimate of drug-likeness (QED) is 0.452. The first kappa shape index (κ1) is 21.3. The Kier molecular flexibility index (Phi) is 6.00. The zero-order valence-corrected chi connectivity index (χ0v) is 17.9. The van der Waals surface area contributed by atoms with E-state index in [4.69, 9.17) is 9.15 Å². The number of aromatic nitrogens is 2. The highest BCUT2D eigenvalue weighted by Crippen LogP contribution is 2.21. The Labute approximate surface area is 184 Å². The van der Waals surface area contributed by atoms with Crippen LogP contribution < -0.4 is 10.1 Å². The first-order chi connectivity index (χ1) is 15.4. The van der Waals surface area contributed by atoms with E-state index in [1.807, 2.05) is 30.3 Å². The van der Waals surface area contributed by atoms with E-state index in [-0.39, 0.29) is 10.9 Å². The van der Waals surface area contributed by atoms with E-state index in [2.05, 4.69) is 15.5 Å². The van der Waals surface area contributed by atoms with Gasteiger partial charge in [0.1, 0.15) is 11.5 Å². The van der Waals surface area contributed by atoms with Crippen LogP contribution in [0.2, 0.25) is 0 Å². The van der Waals surface area contributed by atoms with Crippen molar-refractivity contribution in [2.45, 2.75) is 11.3 Å². The standard InChI is InChI=1S/C23H19N3O5S/c1-32(28,29)20-13-7-16(8-14-20)15-21-25-26-23(31-21)24-22(27)17-9-11-19(12-10-17)30-18-5-3-2-4-6-18/h2-14H,15H2,1H3,(H,24,26,27). The molecule has 0 bridgehead atoms. The number of anilines is 1. The van der Waals surface area contributed by atoms with Gasteiger partial charge in [-0.3, -0.25) is 10.1 Å². The maximum Gasteiger partial charge on any atom is 0.322 e. The Bertz CT molecular complexity index is 1320. The van der Waals surface area contributed by atoms with Crippen molar-refractivity contribution in [3.8, 4) is 11.5 Å². The van der Waals surface area contributed by atoms with E-state index >= 15 is 0 Å². The lowest BCUT2D eigenvalue weighted by molar-refractivity contribution is 0.102. The van der Waals surface area contributed by atoms with Crippen LogP contribution in [0.1, 0.15) is 21.8 Å². The van der Waals surface area contributed by atoms with Crippen LogP contribution in [-0.2, 0) is 16.3 Å². The summed E-state index contributed by atoms with van der Waals surface area (Å²) in [5.74, 6) is 1.20. The van der Waals surface area contributed by atoms with Crippen molar-refractivity contribution >= 4 is 21.8 Å². The number of benzene rings is 3. The fourth-order valence-electron chi connectivity index (χ4n) is 2.87. The second-order valence-corrected chi connectivity index (χ2v) is 9.00. The predicted molar refractivity (Wildman–Crippen MR) is 118 cm³/mol. The fourth-order valence-corrected chi connectivity index (χ4v) is 3.50. The molecule has 1 aromatic heterocycles. The van der Waals surface area contributed by atoms with Crippen LogP contribution in [0.15, 0.2) is 88.2 Å². The molecular weight excluding hydrogens is 430 g/mol. The second kappa shape index (κ2) is 9.03. The van der Waals surface area contributed by atoms with Gasteiger partial charge in [0.05, 0.1) is 11.3 Å². The average Bonchev–Trinajstić information content (AvgIpc) is 3.21. The smallest absolute Gasteiger partial charge is 0.322 e. The molecule has 162 valence electrons. The molecule has 0 unspecified atom stereocenters. The van der Waals surface area contributed by atoms with Gasteiger partial charge in [-0.25, -0.2) is 8.42 Å². The molecule has 9 heteroatoms. The van der Waals surface area contributed by atoms with Gasteiger partial charge in [-0.15, -0.1) is 5.10 Å². The van der Waals surface area contributed by atoms with Crippen LogP contribution in [-0.4, -0.2) is 30.8 Å². The molecule has 0 spiro atoms. The van der Waals surface area contributed by atoms with Gasteiger partial charge < -0.3 is 9.15 Å². The SMILES string of the molecule is CS(=O)(=O)c1ccc(Cc2nnc(NC(=O)c3ccc(Oc4ccccc4)cc3)o2)cc1. The van der Waals surface area contributed by atoms with Crippen molar-refractivity contribution in [1.29, 1.82) is 0 Å². The molecular formula is C23H19N3O5S. The van der Waals surface area contributed by atoms with Gasteiger partial charge in [-0.2, -0.15) is 0 Å². The predicted octanol–water partition coefficient (Wildman–Crippen LogP) is 4.11. The van der Waals surface area contributed by atoms with Crippen LogP contribution in [0.5, 0.6) is 11.5 Å². The first-order valence-electron chi connectivity index (χ1n) is 9.62. The molecule has 3 aromatic carbocycles. The lowest BCUT2D eigenvalue weighted by atomic mass is 10.1. The largest absolute Gasteiger partial charge is 0.457 e. The van der Waals surface area contributed by atoms with E-state index < -0.39 is 15.7 Å². The van der Waals surface area contributed by atoms with Crippen LogP contribution in [0.3, 0.4) is 0 Å². The highest BCUT2D eigenvalue weighted by molar-refractivity contribution is 7.90. The minimum atomic E-state index is -3.25. The van der Waals surface area contributed by atoms with Gasteiger partial charge >= 0.3 is 6.01 Å². The van der Waals surface area contributed by atoms with Crippen LogP contribution >= 0.6 is 0 Å². The third kappa shape index (κ3) is 5.38. The van der Waals surface area contributed by atoms with Gasteiger partial charge in [0.25, 0.3) is 5.91 Å². The van der Waals surface area contributed by atoms with E-state index in [9.17, 15) is 13.2 Å². The molecule has 0 saturated heterocycles. The van der Waals surface area contributed by atoms with E-state index in [1.54, 1.807) is 36.4 Å². The molecule has 0 radical (unpaired) electrons. The van der Waals surface area contributed by atoms with E-state index in [1.165, 1.54) is 12.1 Å². The molecule has 4 aromatic rings.